The van der Waals surface area contributed by atoms with Crippen molar-refractivity contribution in [3.8, 4) is 0 Å². The van der Waals surface area contributed by atoms with Crippen LogP contribution in [0.3, 0.4) is 0 Å². The fourth-order valence-electron chi connectivity index (χ4n) is 2.56. The summed E-state index contributed by atoms with van der Waals surface area (Å²) in [7, 11) is 0. The Hall–Kier alpha value is -1.15. The van der Waals surface area contributed by atoms with Crippen molar-refractivity contribution in [3.63, 3.8) is 0 Å². The highest BCUT2D eigenvalue weighted by molar-refractivity contribution is 5.69. The van der Waals surface area contributed by atoms with Gasteiger partial charge >= 0.3 is 0 Å². The van der Waals surface area contributed by atoms with Gasteiger partial charge in [0, 0.05) is 0 Å². The number of rotatable bonds is 2. The number of halogens is 1. The molecule has 0 unspecified atom stereocenters. The summed E-state index contributed by atoms with van der Waals surface area (Å²) in [5.74, 6) is -0.212. The Morgan fingerprint density at radius 1 is 1.24 bits per heavy atom. The second-order valence-electron chi connectivity index (χ2n) is 5.59. The van der Waals surface area contributed by atoms with Crippen molar-refractivity contribution in [2.24, 2.45) is 5.41 Å². The molecule has 1 aromatic rings. The van der Waals surface area contributed by atoms with Crippen LogP contribution in [0.15, 0.2) is 29.8 Å². The van der Waals surface area contributed by atoms with Gasteiger partial charge in [-0.05, 0) is 53.5 Å². The molecule has 1 aliphatic carbocycles. The predicted molar refractivity (Wildman–Crippen MR) is 68.0 cm³/mol. The standard InChI is InChI=1S/C15H19FO/c1-15(2)8-7-14(12(9-15)10-17)11-3-5-13(16)6-4-11/h3-6,17H,7-10H2,1-2H3. The molecule has 1 aromatic carbocycles. The van der Waals surface area contributed by atoms with Crippen molar-refractivity contribution in [2.45, 2.75) is 33.1 Å². The van der Waals surface area contributed by atoms with Gasteiger partial charge in [-0.15, -0.1) is 0 Å². The van der Waals surface area contributed by atoms with Crippen LogP contribution in [-0.4, -0.2) is 11.7 Å². The fourth-order valence-corrected chi connectivity index (χ4v) is 2.56. The molecule has 0 spiro atoms. The van der Waals surface area contributed by atoms with Crippen molar-refractivity contribution in [3.05, 3.63) is 41.2 Å². The lowest BCUT2D eigenvalue weighted by Gasteiger charge is -2.33. The van der Waals surface area contributed by atoms with Crippen molar-refractivity contribution < 1.29 is 9.50 Å². The Labute approximate surface area is 102 Å². The van der Waals surface area contributed by atoms with Crippen molar-refractivity contribution in [1.29, 1.82) is 0 Å². The van der Waals surface area contributed by atoms with Gasteiger partial charge in [-0.3, -0.25) is 0 Å². The minimum Gasteiger partial charge on any atom is -0.392 e. The molecule has 2 heteroatoms. The van der Waals surface area contributed by atoms with Crippen LogP contribution in [0, 0.1) is 11.2 Å². The summed E-state index contributed by atoms with van der Waals surface area (Å²) in [5, 5.41) is 9.48. The monoisotopic (exact) mass is 234 g/mol. The largest absolute Gasteiger partial charge is 0.392 e. The Bertz CT molecular complexity index is 429. The van der Waals surface area contributed by atoms with Gasteiger partial charge in [-0.2, -0.15) is 0 Å². The molecular weight excluding hydrogens is 215 g/mol. The summed E-state index contributed by atoms with van der Waals surface area (Å²) in [4.78, 5) is 0. The minimum absolute atomic E-state index is 0.107. The molecule has 0 fully saturated rings. The zero-order chi connectivity index (χ0) is 12.5. The van der Waals surface area contributed by atoms with Crippen LogP contribution in [0.1, 0.15) is 38.7 Å². The molecular formula is C15H19FO. The van der Waals surface area contributed by atoms with Crippen LogP contribution in [0.2, 0.25) is 0 Å². The Balaban J connectivity index is 2.36. The van der Waals surface area contributed by atoms with Crippen molar-refractivity contribution >= 4 is 5.57 Å². The molecule has 1 N–H and O–H groups in total. The zero-order valence-corrected chi connectivity index (χ0v) is 10.5. The predicted octanol–water partition coefficient (Wildman–Crippen LogP) is 3.78. The number of aliphatic hydroxyl groups excluding tert-OH is 1. The molecule has 0 saturated carbocycles. The summed E-state index contributed by atoms with van der Waals surface area (Å²) in [6.07, 6.45) is 3.01. The highest BCUT2D eigenvalue weighted by atomic mass is 19.1. The van der Waals surface area contributed by atoms with Gasteiger partial charge in [-0.1, -0.05) is 26.0 Å². The van der Waals surface area contributed by atoms with Gasteiger partial charge in [0.1, 0.15) is 5.82 Å². The summed E-state index contributed by atoms with van der Waals surface area (Å²) >= 11 is 0. The average Bonchev–Trinajstić information content (AvgIpc) is 2.29. The van der Waals surface area contributed by atoms with Gasteiger partial charge < -0.3 is 5.11 Å². The third-order valence-electron chi connectivity index (χ3n) is 3.55. The van der Waals surface area contributed by atoms with Gasteiger partial charge in [-0.25, -0.2) is 4.39 Å². The molecule has 0 heterocycles. The van der Waals surface area contributed by atoms with Gasteiger partial charge in [0.05, 0.1) is 6.61 Å². The van der Waals surface area contributed by atoms with Crippen LogP contribution >= 0.6 is 0 Å². The van der Waals surface area contributed by atoms with E-state index < -0.39 is 0 Å². The third-order valence-corrected chi connectivity index (χ3v) is 3.55. The number of allylic oxidation sites excluding steroid dienone is 1. The summed E-state index contributed by atoms with van der Waals surface area (Å²) in [6.45, 7) is 4.56. The van der Waals surface area contributed by atoms with Gasteiger partial charge in [0.15, 0.2) is 0 Å². The molecule has 92 valence electrons. The Morgan fingerprint density at radius 3 is 2.47 bits per heavy atom. The Morgan fingerprint density at radius 2 is 1.88 bits per heavy atom. The third kappa shape index (κ3) is 2.75. The summed E-state index contributed by atoms with van der Waals surface area (Å²) in [6, 6.07) is 6.57. The summed E-state index contributed by atoms with van der Waals surface area (Å²) < 4.78 is 12.9. The first-order valence-electron chi connectivity index (χ1n) is 6.09. The van der Waals surface area contributed by atoms with E-state index in [2.05, 4.69) is 13.8 Å². The second-order valence-corrected chi connectivity index (χ2v) is 5.59. The van der Waals surface area contributed by atoms with Gasteiger partial charge in [0.25, 0.3) is 0 Å². The lowest BCUT2D eigenvalue weighted by atomic mass is 9.73. The van der Waals surface area contributed by atoms with E-state index in [1.807, 2.05) is 0 Å². The quantitative estimate of drug-likeness (QED) is 0.825. The van der Waals surface area contributed by atoms with E-state index in [4.69, 9.17) is 0 Å². The van der Waals surface area contributed by atoms with Crippen LogP contribution < -0.4 is 0 Å². The van der Waals surface area contributed by atoms with E-state index in [9.17, 15) is 9.50 Å². The topological polar surface area (TPSA) is 20.2 Å². The maximum Gasteiger partial charge on any atom is 0.123 e. The molecule has 0 saturated heterocycles. The van der Waals surface area contributed by atoms with Gasteiger partial charge in [0.2, 0.25) is 0 Å². The zero-order valence-electron chi connectivity index (χ0n) is 10.5. The number of hydrogen-bond acceptors (Lipinski definition) is 1. The Kier molecular flexibility index (Phi) is 3.34. The molecule has 0 aliphatic heterocycles. The van der Waals surface area contributed by atoms with Crippen LogP contribution in [0.25, 0.3) is 5.57 Å². The highest BCUT2D eigenvalue weighted by Gasteiger charge is 2.27. The molecule has 0 aromatic heterocycles. The molecule has 0 amide bonds. The molecule has 0 atom stereocenters. The highest BCUT2D eigenvalue weighted by Crippen LogP contribution is 2.41. The molecule has 2 rings (SSSR count). The lowest BCUT2D eigenvalue weighted by molar-refractivity contribution is 0.275. The molecule has 1 aliphatic rings. The maximum absolute atomic E-state index is 12.9. The maximum atomic E-state index is 12.9. The molecule has 17 heavy (non-hydrogen) atoms. The van der Waals surface area contributed by atoms with E-state index in [1.165, 1.54) is 17.7 Å². The lowest BCUT2D eigenvalue weighted by Crippen LogP contribution is -2.19. The second kappa shape index (κ2) is 4.61. The van der Waals surface area contributed by atoms with E-state index in [0.29, 0.717) is 0 Å². The van der Waals surface area contributed by atoms with E-state index in [0.717, 1.165) is 30.4 Å². The minimum atomic E-state index is -0.212. The van der Waals surface area contributed by atoms with Crippen molar-refractivity contribution in [1.82, 2.24) is 0 Å². The van der Waals surface area contributed by atoms with Crippen molar-refractivity contribution in [2.75, 3.05) is 6.61 Å². The van der Waals surface area contributed by atoms with E-state index in [1.54, 1.807) is 12.1 Å². The average molecular weight is 234 g/mol. The van der Waals surface area contributed by atoms with E-state index >= 15 is 0 Å². The normalized spacial score (nSPS) is 19.5. The van der Waals surface area contributed by atoms with E-state index in [-0.39, 0.29) is 17.8 Å². The smallest absolute Gasteiger partial charge is 0.123 e. The molecule has 0 radical (unpaired) electrons. The molecule has 1 nitrogen and oxygen atoms in total. The number of benzene rings is 1. The molecule has 0 bridgehead atoms. The van der Waals surface area contributed by atoms with Crippen LogP contribution in [0.5, 0.6) is 0 Å². The number of hydrogen-bond donors (Lipinski definition) is 1. The van der Waals surface area contributed by atoms with Crippen LogP contribution in [0.4, 0.5) is 4.39 Å². The number of aliphatic hydroxyl groups is 1. The summed E-state index contributed by atoms with van der Waals surface area (Å²) in [5.41, 5.74) is 3.62. The first-order valence-corrected chi connectivity index (χ1v) is 6.09. The first-order chi connectivity index (χ1) is 8.02. The fraction of sp³-hybridized carbons (Fsp3) is 0.467. The van der Waals surface area contributed by atoms with Crippen LogP contribution in [-0.2, 0) is 0 Å². The SMILES string of the molecule is CC1(C)CCC(c2ccc(F)cc2)=C(CO)C1. The first kappa shape index (κ1) is 12.3.